The number of methoxy groups -OCH3 is 1. The average Bonchev–Trinajstić information content (AvgIpc) is 2.55. The van der Waals surface area contributed by atoms with Gasteiger partial charge in [0, 0.05) is 38.8 Å². The predicted molar refractivity (Wildman–Crippen MR) is 94.9 cm³/mol. The minimum absolute atomic E-state index is 0.0629. The second-order valence-electron chi connectivity index (χ2n) is 6.31. The second kappa shape index (κ2) is 9.05. The molecular weight excluding hydrogens is 365 g/mol. The molecule has 1 aromatic rings. The van der Waals surface area contributed by atoms with Gasteiger partial charge in [-0.3, -0.25) is 19.4 Å². The summed E-state index contributed by atoms with van der Waals surface area (Å²) < 4.78 is 42.4. The number of ether oxygens (including phenoxy) is 1. The largest absolute Gasteiger partial charge is 0.495 e. The van der Waals surface area contributed by atoms with Gasteiger partial charge in [0.05, 0.1) is 25.9 Å². The van der Waals surface area contributed by atoms with Crippen LogP contribution in [-0.4, -0.2) is 74.2 Å². The van der Waals surface area contributed by atoms with Gasteiger partial charge < -0.3 is 15.4 Å². The summed E-state index contributed by atoms with van der Waals surface area (Å²) in [7, 11) is 1.46. The van der Waals surface area contributed by atoms with Crippen LogP contribution >= 0.6 is 0 Å². The summed E-state index contributed by atoms with van der Waals surface area (Å²) in [5.41, 5.74) is 0.920. The lowest BCUT2D eigenvalue weighted by Crippen LogP contribution is -2.50. The Morgan fingerprint density at radius 1 is 1.11 bits per heavy atom. The van der Waals surface area contributed by atoms with Gasteiger partial charge in [0.2, 0.25) is 11.8 Å². The van der Waals surface area contributed by atoms with Crippen LogP contribution in [0, 0.1) is 0 Å². The Balaban J connectivity index is 1.89. The van der Waals surface area contributed by atoms with Crippen LogP contribution in [0.3, 0.4) is 0 Å². The molecule has 2 N–H and O–H groups in total. The first kappa shape index (κ1) is 21.0. The first-order valence-corrected chi connectivity index (χ1v) is 8.43. The zero-order valence-electron chi connectivity index (χ0n) is 15.2. The third-order valence-electron chi connectivity index (χ3n) is 4.03. The SMILES string of the molecule is COc1ccc(NC(C)=O)cc1NC(=O)CN1CCN(CC(F)(F)F)CC1. The second-order valence-corrected chi connectivity index (χ2v) is 6.31. The summed E-state index contributed by atoms with van der Waals surface area (Å²) in [5, 5.41) is 5.34. The summed E-state index contributed by atoms with van der Waals surface area (Å²) in [6.07, 6.45) is -4.21. The highest BCUT2D eigenvalue weighted by Crippen LogP contribution is 2.28. The lowest BCUT2D eigenvalue weighted by Gasteiger charge is -2.34. The highest BCUT2D eigenvalue weighted by atomic mass is 19.4. The van der Waals surface area contributed by atoms with Crippen molar-refractivity contribution in [3.63, 3.8) is 0 Å². The maximum Gasteiger partial charge on any atom is 0.401 e. The number of hydrogen-bond donors (Lipinski definition) is 2. The molecule has 2 amide bonds. The van der Waals surface area contributed by atoms with E-state index in [1.54, 1.807) is 23.1 Å². The molecule has 1 fully saturated rings. The van der Waals surface area contributed by atoms with E-state index >= 15 is 0 Å². The lowest BCUT2D eigenvalue weighted by atomic mass is 10.2. The number of anilines is 2. The summed E-state index contributed by atoms with van der Waals surface area (Å²) in [6, 6.07) is 4.85. The molecule has 1 heterocycles. The number of amides is 2. The van der Waals surface area contributed by atoms with Crippen LogP contribution in [0.1, 0.15) is 6.92 Å². The van der Waals surface area contributed by atoms with Crippen molar-refractivity contribution in [1.82, 2.24) is 9.80 Å². The third kappa shape index (κ3) is 7.06. The minimum atomic E-state index is -4.21. The molecule has 0 aromatic heterocycles. The van der Waals surface area contributed by atoms with Crippen LogP contribution in [0.4, 0.5) is 24.5 Å². The van der Waals surface area contributed by atoms with Crippen molar-refractivity contribution in [2.45, 2.75) is 13.1 Å². The number of hydrogen-bond acceptors (Lipinski definition) is 5. The smallest absolute Gasteiger partial charge is 0.401 e. The molecule has 150 valence electrons. The number of rotatable bonds is 6. The monoisotopic (exact) mass is 388 g/mol. The summed E-state index contributed by atoms with van der Waals surface area (Å²) in [4.78, 5) is 26.6. The molecule has 0 spiro atoms. The Bertz CT molecular complexity index is 674. The van der Waals surface area contributed by atoms with E-state index in [-0.39, 0.29) is 31.4 Å². The fraction of sp³-hybridized carbons (Fsp3) is 0.529. The molecule has 0 saturated carbocycles. The third-order valence-corrected chi connectivity index (χ3v) is 4.03. The molecule has 27 heavy (non-hydrogen) atoms. The van der Waals surface area contributed by atoms with Gasteiger partial charge in [-0.05, 0) is 18.2 Å². The predicted octanol–water partition coefficient (Wildman–Crippen LogP) is 1.77. The molecular formula is C17H23F3N4O3. The first-order valence-electron chi connectivity index (χ1n) is 8.43. The Morgan fingerprint density at radius 3 is 2.30 bits per heavy atom. The van der Waals surface area contributed by atoms with Crippen molar-refractivity contribution in [2.24, 2.45) is 0 Å². The molecule has 0 atom stereocenters. The molecule has 0 aliphatic carbocycles. The number of alkyl halides is 3. The van der Waals surface area contributed by atoms with E-state index in [1.165, 1.54) is 18.9 Å². The van der Waals surface area contributed by atoms with E-state index in [0.29, 0.717) is 30.2 Å². The summed E-state index contributed by atoms with van der Waals surface area (Å²) in [5.74, 6) is -0.112. The van der Waals surface area contributed by atoms with Crippen molar-refractivity contribution in [3.8, 4) is 5.75 Å². The number of carbonyl (C=O) groups excluding carboxylic acids is 2. The van der Waals surface area contributed by atoms with Crippen molar-refractivity contribution in [3.05, 3.63) is 18.2 Å². The molecule has 0 bridgehead atoms. The fourth-order valence-corrected chi connectivity index (χ4v) is 2.84. The Kier molecular flexibility index (Phi) is 7.03. The minimum Gasteiger partial charge on any atom is -0.495 e. The quantitative estimate of drug-likeness (QED) is 0.777. The van der Waals surface area contributed by atoms with Crippen LogP contribution in [-0.2, 0) is 9.59 Å². The van der Waals surface area contributed by atoms with E-state index in [0.717, 1.165) is 0 Å². The Hall–Kier alpha value is -2.33. The molecule has 1 saturated heterocycles. The number of carbonyl (C=O) groups is 2. The van der Waals surface area contributed by atoms with E-state index in [1.807, 2.05) is 0 Å². The number of piperazine rings is 1. The normalized spacial score (nSPS) is 16.0. The molecule has 1 aliphatic heterocycles. The zero-order valence-corrected chi connectivity index (χ0v) is 15.2. The highest BCUT2D eigenvalue weighted by Gasteiger charge is 2.32. The van der Waals surface area contributed by atoms with E-state index in [2.05, 4.69) is 10.6 Å². The van der Waals surface area contributed by atoms with E-state index < -0.39 is 12.7 Å². The van der Waals surface area contributed by atoms with Crippen molar-refractivity contribution in [2.75, 3.05) is 57.0 Å². The highest BCUT2D eigenvalue weighted by molar-refractivity contribution is 5.95. The van der Waals surface area contributed by atoms with Crippen molar-refractivity contribution < 1.29 is 27.5 Å². The number of nitrogens with one attached hydrogen (secondary N) is 2. The zero-order chi connectivity index (χ0) is 20.0. The fourth-order valence-electron chi connectivity index (χ4n) is 2.84. The van der Waals surface area contributed by atoms with Gasteiger partial charge in [-0.15, -0.1) is 0 Å². The molecule has 0 radical (unpaired) electrons. The van der Waals surface area contributed by atoms with Crippen LogP contribution < -0.4 is 15.4 Å². The molecule has 1 aromatic carbocycles. The number of nitrogens with zero attached hydrogens (tertiary/aromatic N) is 2. The molecule has 7 nitrogen and oxygen atoms in total. The van der Waals surface area contributed by atoms with Gasteiger partial charge in [-0.1, -0.05) is 0 Å². The Labute approximate surface area is 155 Å². The van der Waals surface area contributed by atoms with Gasteiger partial charge in [-0.25, -0.2) is 0 Å². The molecule has 10 heteroatoms. The van der Waals surface area contributed by atoms with Gasteiger partial charge >= 0.3 is 6.18 Å². The summed E-state index contributed by atoms with van der Waals surface area (Å²) in [6.45, 7) is 1.79. The van der Waals surface area contributed by atoms with Gasteiger partial charge in [0.25, 0.3) is 0 Å². The number of benzene rings is 1. The van der Waals surface area contributed by atoms with E-state index in [9.17, 15) is 22.8 Å². The topological polar surface area (TPSA) is 73.9 Å². The molecule has 0 unspecified atom stereocenters. The van der Waals surface area contributed by atoms with Crippen molar-refractivity contribution >= 4 is 23.2 Å². The molecule has 2 rings (SSSR count). The maximum atomic E-state index is 12.4. The van der Waals surface area contributed by atoms with Gasteiger partial charge in [-0.2, -0.15) is 13.2 Å². The lowest BCUT2D eigenvalue weighted by molar-refractivity contribution is -0.149. The van der Waals surface area contributed by atoms with Crippen LogP contribution in [0.15, 0.2) is 18.2 Å². The van der Waals surface area contributed by atoms with Crippen LogP contribution in [0.2, 0.25) is 0 Å². The van der Waals surface area contributed by atoms with Gasteiger partial charge in [0.1, 0.15) is 5.75 Å². The molecule has 1 aliphatic rings. The average molecular weight is 388 g/mol. The van der Waals surface area contributed by atoms with Crippen LogP contribution in [0.25, 0.3) is 0 Å². The first-order chi connectivity index (χ1) is 12.7. The maximum absolute atomic E-state index is 12.4. The van der Waals surface area contributed by atoms with Crippen LogP contribution in [0.5, 0.6) is 5.75 Å². The standard InChI is InChI=1S/C17H23F3N4O3/c1-12(25)21-13-3-4-15(27-2)14(9-13)22-16(26)10-23-5-7-24(8-6-23)11-17(18,19)20/h3-4,9H,5-8,10-11H2,1-2H3,(H,21,25)(H,22,26). The van der Waals surface area contributed by atoms with E-state index in [4.69, 9.17) is 4.74 Å². The Morgan fingerprint density at radius 2 is 1.74 bits per heavy atom. The summed E-state index contributed by atoms with van der Waals surface area (Å²) >= 11 is 0. The van der Waals surface area contributed by atoms with Gasteiger partial charge in [0.15, 0.2) is 0 Å². The number of halogens is 3. The van der Waals surface area contributed by atoms with Crippen molar-refractivity contribution in [1.29, 1.82) is 0 Å².